The molecule has 3 aliphatic rings. The van der Waals surface area contributed by atoms with E-state index in [-0.39, 0.29) is 0 Å². The smallest absolute Gasteiger partial charge is 0.225 e. The Hall–Kier alpha value is -2.13. The molecule has 1 saturated carbocycles. The summed E-state index contributed by atoms with van der Waals surface area (Å²) in [5.74, 6) is 0.688. The predicted molar refractivity (Wildman–Crippen MR) is 118 cm³/mol. The summed E-state index contributed by atoms with van der Waals surface area (Å²) in [6, 6.07) is 16.7. The van der Waals surface area contributed by atoms with Gasteiger partial charge >= 0.3 is 0 Å². The van der Waals surface area contributed by atoms with E-state index in [4.69, 9.17) is 0 Å². The first-order valence-corrected chi connectivity index (χ1v) is 11.4. The van der Waals surface area contributed by atoms with Crippen molar-refractivity contribution in [2.45, 2.75) is 58.0 Å². The second-order valence-electron chi connectivity index (χ2n) is 9.24. The maximum Gasteiger partial charge on any atom is 0.225 e. The third kappa shape index (κ3) is 4.11. The van der Waals surface area contributed by atoms with Crippen LogP contribution in [-0.2, 0) is 24.2 Å². The van der Waals surface area contributed by atoms with Gasteiger partial charge in [-0.05, 0) is 85.9 Å². The number of carbonyl (C=O) groups excluding carboxylic acids is 1. The third-order valence-corrected chi connectivity index (χ3v) is 7.12. The van der Waals surface area contributed by atoms with Crippen LogP contribution in [0, 0.1) is 5.92 Å². The van der Waals surface area contributed by atoms with Crippen LogP contribution in [0.2, 0.25) is 0 Å². The van der Waals surface area contributed by atoms with Crippen molar-refractivity contribution in [1.82, 2.24) is 9.80 Å². The monoisotopic (exact) mass is 388 g/mol. The fourth-order valence-corrected chi connectivity index (χ4v) is 4.97. The van der Waals surface area contributed by atoms with Gasteiger partial charge in [0.25, 0.3) is 0 Å². The van der Waals surface area contributed by atoms with Gasteiger partial charge in [0.15, 0.2) is 0 Å². The highest BCUT2D eigenvalue weighted by molar-refractivity contribution is 5.81. The van der Waals surface area contributed by atoms with Gasteiger partial charge < -0.3 is 9.80 Å². The summed E-state index contributed by atoms with van der Waals surface area (Å²) in [7, 11) is 0. The average Bonchev–Trinajstić information content (AvgIpc) is 3.53. The van der Waals surface area contributed by atoms with Crippen molar-refractivity contribution < 1.29 is 4.79 Å². The fraction of sp³-hybridized carbons (Fsp3) is 0.500. The molecule has 2 aromatic carbocycles. The molecule has 29 heavy (non-hydrogen) atoms. The Morgan fingerprint density at radius 1 is 0.966 bits per heavy atom. The van der Waals surface area contributed by atoms with Crippen molar-refractivity contribution in [3.8, 4) is 11.1 Å². The van der Waals surface area contributed by atoms with Gasteiger partial charge in [0.2, 0.25) is 5.91 Å². The predicted octanol–water partition coefficient (Wildman–Crippen LogP) is 4.68. The van der Waals surface area contributed by atoms with Crippen LogP contribution < -0.4 is 0 Å². The molecule has 1 atom stereocenters. The maximum absolute atomic E-state index is 12.5. The van der Waals surface area contributed by atoms with Crippen LogP contribution in [0.25, 0.3) is 11.1 Å². The first kappa shape index (κ1) is 18.9. The lowest BCUT2D eigenvalue weighted by atomic mass is 9.94. The summed E-state index contributed by atoms with van der Waals surface area (Å²) >= 11 is 0. The minimum Gasteiger partial charge on any atom is -0.338 e. The zero-order valence-electron chi connectivity index (χ0n) is 17.6. The highest BCUT2D eigenvalue weighted by Gasteiger charge is 2.34. The second-order valence-corrected chi connectivity index (χ2v) is 9.24. The Morgan fingerprint density at radius 2 is 1.76 bits per heavy atom. The summed E-state index contributed by atoms with van der Waals surface area (Å²) < 4.78 is 0. The maximum atomic E-state index is 12.5. The molecule has 0 spiro atoms. The van der Waals surface area contributed by atoms with E-state index in [1.165, 1.54) is 53.7 Å². The van der Waals surface area contributed by atoms with Crippen LogP contribution in [-0.4, -0.2) is 41.4 Å². The number of fused-ring (bicyclic) bond motifs is 1. The molecular formula is C26H32N2O. The summed E-state index contributed by atoms with van der Waals surface area (Å²) in [5.41, 5.74) is 6.70. The fourth-order valence-electron chi connectivity index (χ4n) is 4.97. The molecule has 2 aliphatic heterocycles. The molecule has 2 fully saturated rings. The summed E-state index contributed by atoms with van der Waals surface area (Å²) in [5, 5.41) is 0. The van der Waals surface area contributed by atoms with Crippen molar-refractivity contribution in [2.24, 2.45) is 5.92 Å². The Labute approximate surface area is 174 Å². The summed E-state index contributed by atoms with van der Waals surface area (Å²) in [6.45, 7) is 6.45. The van der Waals surface area contributed by atoms with Gasteiger partial charge in [-0.2, -0.15) is 0 Å². The van der Waals surface area contributed by atoms with Crippen LogP contribution in [0.1, 0.15) is 49.3 Å². The second kappa shape index (κ2) is 7.95. The quantitative estimate of drug-likeness (QED) is 0.743. The van der Waals surface area contributed by atoms with E-state index in [0.29, 0.717) is 11.8 Å². The Balaban J connectivity index is 1.26. The lowest BCUT2D eigenvalue weighted by molar-refractivity contribution is -0.133. The molecule has 1 unspecified atom stereocenters. The van der Waals surface area contributed by atoms with Crippen molar-refractivity contribution >= 4 is 5.91 Å². The molecule has 1 saturated heterocycles. The van der Waals surface area contributed by atoms with Crippen LogP contribution in [0.3, 0.4) is 0 Å². The molecule has 0 radical (unpaired) electrons. The zero-order valence-corrected chi connectivity index (χ0v) is 17.6. The molecule has 1 aliphatic carbocycles. The van der Waals surface area contributed by atoms with E-state index in [1.807, 2.05) is 0 Å². The van der Waals surface area contributed by atoms with Crippen molar-refractivity contribution in [3.05, 3.63) is 59.2 Å². The van der Waals surface area contributed by atoms with Crippen LogP contribution >= 0.6 is 0 Å². The summed E-state index contributed by atoms with van der Waals surface area (Å²) in [4.78, 5) is 17.2. The number of rotatable bonds is 5. The lowest BCUT2D eigenvalue weighted by Crippen LogP contribution is -2.36. The number of nitrogens with zero attached hydrogens (tertiary/aromatic N) is 2. The standard InChI is InChI=1S/C26H32N2O/c1-19-3-2-14-27(19)15-12-20-4-6-21(7-5-20)24-11-8-22-13-16-28(18-25(22)17-24)26(29)23-9-10-23/h4-8,11,17,19,23H,2-3,9-10,12-16,18H2,1H3. The van der Waals surface area contributed by atoms with E-state index in [1.54, 1.807) is 0 Å². The SMILES string of the molecule is CC1CCCN1CCc1ccc(-c2ccc3c(c2)CN(C(=O)C2CC2)CC3)cc1. The molecule has 3 nitrogen and oxygen atoms in total. The number of hydrogen-bond acceptors (Lipinski definition) is 2. The van der Waals surface area contributed by atoms with E-state index < -0.39 is 0 Å². The highest BCUT2D eigenvalue weighted by atomic mass is 16.2. The first-order valence-electron chi connectivity index (χ1n) is 11.4. The number of hydrogen-bond donors (Lipinski definition) is 0. The number of carbonyl (C=O) groups is 1. The topological polar surface area (TPSA) is 23.6 Å². The summed E-state index contributed by atoms with van der Waals surface area (Å²) in [6.07, 6.45) is 6.99. The van der Waals surface area contributed by atoms with Gasteiger partial charge in [-0.25, -0.2) is 0 Å². The Bertz CT molecular complexity index is 884. The van der Waals surface area contributed by atoms with Gasteiger partial charge in [-0.3, -0.25) is 4.79 Å². The van der Waals surface area contributed by atoms with Gasteiger partial charge in [-0.1, -0.05) is 36.4 Å². The molecular weight excluding hydrogens is 356 g/mol. The van der Waals surface area contributed by atoms with Crippen LogP contribution in [0.4, 0.5) is 0 Å². The van der Waals surface area contributed by atoms with Crippen molar-refractivity contribution in [2.75, 3.05) is 19.6 Å². The van der Waals surface area contributed by atoms with E-state index in [9.17, 15) is 4.79 Å². The van der Waals surface area contributed by atoms with Gasteiger partial charge in [0.05, 0.1) is 0 Å². The van der Waals surface area contributed by atoms with Gasteiger partial charge in [0, 0.05) is 31.6 Å². The first-order chi connectivity index (χ1) is 14.2. The molecule has 0 N–H and O–H groups in total. The number of likely N-dealkylation sites (tertiary alicyclic amines) is 1. The lowest BCUT2D eigenvalue weighted by Gasteiger charge is -2.29. The molecule has 5 rings (SSSR count). The zero-order chi connectivity index (χ0) is 19.8. The third-order valence-electron chi connectivity index (χ3n) is 7.12. The highest BCUT2D eigenvalue weighted by Crippen LogP contribution is 2.33. The van der Waals surface area contributed by atoms with E-state index in [2.05, 4.69) is 59.2 Å². The molecule has 0 bridgehead atoms. The normalized spacial score (nSPS) is 22.0. The molecule has 2 aromatic rings. The van der Waals surface area contributed by atoms with E-state index >= 15 is 0 Å². The van der Waals surface area contributed by atoms with Crippen LogP contribution in [0.15, 0.2) is 42.5 Å². The van der Waals surface area contributed by atoms with Gasteiger partial charge in [0.1, 0.15) is 0 Å². The van der Waals surface area contributed by atoms with Crippen molar-refractivity contribution in [1.29, 1.82) is 0 Å². The number of benzene rings is 2. The minimum atomic E-state index is 0.316. The Kier molecular flexibility index (Phi) is 5.17. The Morgan fingerprint density at radius 3 is 2.48 bits per heavy atom. The van der Waals surface area contributed by atoms with E-state index in [0.717, 1.165) is 44.8 Å². The molecule has 2 heterocycles. The molecule has 3 heteroatoms. The number of amides is 1. The van der Waals surface area contributed by atoms with Gasteiger partial charge in [-0.15, -0.1) is 0 Å². The molecule has 152 valence electrons. The average molecular weight is 389 g/mol. The van der Waals surface area contributed by atoms with Crippen molar-refractivity contribution in [3.63, 3.8) is 0 Å². The molecule has 1 amide bonds. The largest absolute Gasteiger partial charge is 0.338 e. The van der Waals surface area contributed by atoms with Crippen LogP contribution in [0.5, 0.6) is 0 Å². The minimum absolute atomic E-state index is 0.316. The molecule has 0 aromatic heterocycles.